The van der Waals surface area contributed by atoms with E-state index in [9.17, 15) is 8.42 Å². The van der Waals surface area contributed by atoms with Crippen LogP contribution in [0.1, 0.15) is 5.56 Å². The molecule has 0 unspecified atom stereocenters. The number of hydrogen-bond acceptors (Lipinski definition) is 4. The van der Waals surface area contributed by atoms with Gasteiger partial charge in [0.25, 0.3) is 10.0 Å². The highest BCUT2D eigenvalue weighted by Gasteiger charge is 2.14. The maximum Gasteiger partial charge on any atom is 0.261 e. The number of nitrogen functional groups attached to an aromatic ring is 1. The third kappa shape index (κ3) is 3.22. The Morgan fingerprint density at radius 2 is 1.65 bits per heavy atom. The lowest BCUT2D eigenvalue weighted by Crippen LogP contribution is -2.13. The molecule has 0 aliphatic rings. The van der Waals surface area contributed by atoms with Crippen LogP contribution in [0.4, 0.5) is 11.4 Å². The molecule has 20 heavy (non-hydrogen) atoms. The largest absolute Gasteiger partial charge is 0.324 e. The van der Waals surface area contributed by atoms with Crippen molar-refractivity contribution in [3.63, 3.8) is 0 Å². The predicted octanol–water partition coefficient (Wildman–Crippen LogP) is 2.73. The zero-order valence-corrected chi connectivity index (χ0v) is 12.3. The Balaban J connectivity index is 2.27. The minimum Gasteiger partial charge on any atom is -0.324 e. The Morgan fingerprint density at radius 1 is 1.05 bits per heavy atom. The first-order valence-electron chi connectivity index (χ1n) is 5.78. The fourth-order valence-electron chi connectivity index (χ4n) is 1.60. The van der Waals surface area contributed by atoms with Crippen LogP contribution in [0.15, 0.2) is 47.4 Å². The second-order valence-electron chi connectivity index (χ2n) is 4.24. The first kappa shape index (κ1) is 14.6. The van der Waals surface area contributed by atoms with E-state index in [1.165, 1.54) is 12.1 Å². The molecule has 2 aromatic rings. The molecule has 0 radical (unpaired) electrons. The van der Waals surface area contributed by atoms with Crippen LogP contribution in [0.25, 0.3) is 0 Å². The molecule has 0 fully saturated rings. The first-order valence-corrected chi connectivity index (χ1v) is 7.64. The number of rotatable bonds is 4. The van der Waals surface area contributed by atoms with Crippen LogP contribution in [0, 0.1) is 6.92 Å². The van der Waals surface area contributed by atoms with Gasteiger partial charge in [-0.05, 0) is 48.9 Å². The van der Waals surface area contributed by atoms with E-state index in [-0.39, 0.29) is 4.90 Å². The van der Waals surface area contributed by atoms with Crippen LogP contribution < -0.4 is 16.0 Å². The maximum absolute atomic E-state index is 12.2. The smallest absolute Gasteiger partial charge is 0.261 e. The molecular formula is C13H14ClN3O2S. The van der Waals surface area contributed by atoms with Crippen LogP contribution in [0.5, 0.6) is 0 Å². The minimum atomic E-state index is -3.65. The molecule has 0 bridgehead atoms. The zero-order valence-electron chi connectivity index (χ0n) is 10.7. The van der Waals surface area contributed by atoms with Gasteiger partial charge < -0.3 is 5.43 Å². The number of anilines is 2. The highest BCUT2D eigenvalue weighted by Crippen LogP contribution is 2.23. The van der Waals surface area contributed by atoms with Crippen molar-refractivity contribution in [1.29, 1.82) is 0 Å². The monoisotopic (exact) mass is 311 g/mol. The number of hydrogen-bond donors (Lipinski definition) is 3. The minimum absolute atomic E-state index is 0.146. The van der Waals surface area contributed by atoms with Crippen molar-refractivity contribution in [2.24, 2.45) is 5.84 Å². The number of halogens is 1. The molecule has 0 heterocycles. The highest BCUT2D eigenvalue weighted by molar-refractivity contribution is 7.92. The van der Waals surface area contributed by atoms with Crippen LogP contribution in [0.2, 0.25) is 5.02 Å². The molecule has 0 aromatic heterocycles. The Labute approximate surface area is 122 Å². The Morgan fingerprint density at radius 3 is 2.20 bits per heavy atom. The SMILES string of the molecule is Cc1ccc(NS(=O)(=O)c2ccc(NN)cc2)cc1Cl. The molecule has 0 aliphatic heterocycles. The summed E-state index contributed by atoms with van der Waals surface area (Å²) in [5.41, 5.74) is 4.36. The van der Waals surface area contributed by atoms with E-state index in [0.717, 1.165) is 5.56 Å². The van der Waals surface area contributed by atoms with Crippen molar-refractivity contribution < 1.29 is 8.42 Å². The van der Waals surface area contributed by atoms with Gasteiger partial charge in [0.15, 0.2) is 0 Å². The molecule has 5 nitrogen and oxygen atoms in total. The molecule has 0 spiro atoms. The topological polar surface area (TPSA) is 84.2 Å². The lowest BCUT2D eigenvalue weighted by Gasteiger charge is -2.09. The number of nitrogens with one attached hydrogen (secondary N) is 2. The van der Waals surface area contributed by atoms with Crippen LogP contribution in [-0.2, 0) is 10.0 Å². The lowest BCUT2D eigenvalue weighted by molar-refractivity contribution is 0.601. The first-order chi connectivity index (χ1) is 9.42. The van der Waals surface area contributed by atoms with Gasteiger partial charge in [0, 0.05) is 10.7 Å². The van der Waals surface area contributed by atoms with E-state index in [2.05, 4.69) is 10.1 Å². The zero-order chi connectivity index (χ0) is 14.8. The van der Waals surface area contributed by atoms with Gasteiger partial charge in [-0.3, -0.25) is 10.6 Å². The van der Waals surface area contributed by atoms with Gasteiger partial charge >= 0.3 is 0 Å². The summed E-state index contributed by atoms with van der Waals surface area (Å²) >= 11 is 5.97. The van der Waals surface area contributed by atoms with Gasteiger partial charge in [-0.25, -0.2) is 8.42 Å². The third-order valence-electron chi connectivity index (χ3n) is 2.76. The molecule has 2 rings (SSSR count). The van der Waals surface area contributed by atoms with Crippen LogP contribution >= 0.6 is 11.6 Å². The number of sulfonamides is 1. The van der Waals surface area contributed by atoms with Crippen molar-refractivity contribution in [3.8, 4) is 0 Å². The molecule has 0 saturated heterocycles. The number of benzene rings is 2. The number of nitrogens with two attached hydrogens (primary N) is 1. The molecular weight excluding hydrogens is 298 g/mol. The average Bonchev–Trinajstić information content (AvgIpc) is 2.43. The van der Waals surface area contributed by atoms with Gasteiger partial charge in [-0.15, -0.1) is 0 Å². The van der Waals surface area contributed by atoms with Gasteiger partial charge in [-0.1, -0.05) is 17.7 Å². The molecule has 106 valence electrons. The average molecular weight is 312 g/mol. The summed E-state index contributed by atoms with van der Waals surface area (Å²) in [4.78, 5) is 0.146. The van der Waals surface area contributed by atoms with Crippen molar-refractivity contribution in [3.05, 3.63) is 53.1 Å². The maximum atomic E-state index is 12.2. The molecule has 2 aromatic carbocycles. The Hall–Kier alpha value is -1.76. The van der Waals surface area contributed by atoms with E-state index in [4.69, 9.17) is 17.4 Å². The summed E-state index contributed by atoms with van der Waals surface area (Å²) in [6.45, 7) is 1.85. The second kappa shape index (κ2) is 5.70. The number of hydrazine groups is 1. The van der Waals surface area contributed by atoms with E-state index >= 15 is 0 Å². The highest BCUT2D eigenvalue weighted by atomic mass is 35.5. The van der Waals surface area contributed by atoms with Crippen LogP contribution in [0.3, 0.4) is 0 Å². The normalized spacial score (nSPS) is 11.2. The standard InChI is InChI=1S/C13H14ClN3O2S/c1-9-2-3-11(8-13(9)14)17-20(18,19)12-6-4-10(16-15)5-7-12/h2-8,16-17H,15H2,1H3. The van der Waals surface area contributed by atoms with Gasteiger partial charge in [0.1, 0.15) is 0 Å². The molecule has 4 N–H and O–H groups in total. The number of aryl methyl sites for hydroxylation is 1. The molecule has 0 amide bonds. The Kier molecular flexibility index (Phi) is 4.17. The van der Waals surface area contributed by atoms with Crippen molar-refractivity contribution >= 4 is 33.0 Å². The van der Waals surface area contributed by atoms with Crippen LogP contribution in [-0.4, -0.2) is 8.42 Å². The summed E-state index contributed by atoms with van der Waals surface area (Å²) in [5, 5.41) is 0.507. The summed E-state index contributed by atoms with van der Waals surface area (Å²) in [6.07, 6.45) is 0. The van der Waals surface area contributed by atoms with E-state index in [1.54, 1.807) is 30.3 Å². The molecule has 7 heteroatoms. The van der Waals surface area contributed by atoms with E-state index in [0.29, 0.717) is 16.4 Å². The quantitative estimate of drug-likeness (QED) is 0.599. The fraction of sp³-hybridized carbons (Fsp3) is 0.0769. The lowest BCUT2D eigenvalue weighted by atomic mass is 10.2. The van der Waals surface area contributed by atoms with Crippen molar-refractivity contribution in [1.82, 2.24) is 0 Å². The molecule has 0 aliphatic carbocycles. The molecule has 0 atom stereocenters. The summed E-state index contributed by atoms with van der Waals surface area (Å²) in [5.74, 6) is 5.23. The summed E-state index contributed by atoms with van der Waals surface area (Å²) in [6, 6.07) is 11.1. The summed E-state index contributed by atoms with van der Waals surface area (Å²) < 4.78 is 26.9. The van der Waals surface area contributed by atoms with Gasteiger partial charge in [0.2, 0.25) is 0 Å². The van der Waals surface area contributed by atoms with E-state index in [1.807, 2.05) is 6.92 Å². The third-order valence-corrected chi connectivity index (χ3v) is 4.56. The van der Waals surface area contributed by atoms with Gasteiger partial charge in [-0.2, -0.15) is 0 Å². The Bertz CT molecular complexity index is 715. The fourth-order valence-corrected chi connectivity index (χ4v) is 2.83. The van der Waals surface area contributed by atoms with Crippen molar-refractivity contribution in [2.75, 3.05) is 10.1 Å². The second-order valence-corrected chi connectivity index (χ2v) is 6.33. The molecule has 0 saturated carbocycles. The predicted molar refractivity (Wildman–Crippen MR) is 81.2 cm³/mol. The summed E-state index contributed by atoms with van der Waals surface area (Å²) in [7, 11) is -3.65. The van der Waals surface area contributed by atoms with E-state index < -0.39 is 10.0 Å². The van der Waals surface area contributed by atoms with Gasteiger partial charge in [0.05, 0.1) is 10.6 Å². The van der Waals surface area contributed by atoms with Crippen molar-refractivity contribution in [2.45, 2.75) is 11.8 Å².